The maximum atomic E-state index is 12.4. The molecule has 0 unspecified atom stereocenters. The number of nitrogens with one attached hydrogen (secondary N) is 4. The molecule has 0 fully saturated rings. The van der Waals surface area contributed by atoms with Gasteiger partial charge in [0.25, 0.3) is 0 Å². The van der Waals surface area contributed by atoms with Crippen LogP contribution in [0.25, 0.3) is 0 Å². The van der Waals surface area contributed by atoms with E-state index in [4.69, 9.17) is 20.3 Å². The molecule has 0 radical (unpaired) electrons. The summed E-state index contributed by atoms with van der Waals surface area (Å²) in [7, 11) is 1.56. The minimum Gasteiger partial charge on any atom is -0.473 e. The fourth-order valence-electron chi connectivity index (χ4n) is 1.61. The third-order valence-corrected chi connectivity index (χ3v) is 2.65. The molecular formula is C15H20F3N5O3. The third kappa shape index (κ3) is 9.27. The molecule has 0 saturated carbocycles. The summed E-state index contributed by atoms with van der Waals surface area (Å²) in [4.78, 5) is 8.94. The van der Waals surface area contributed by atoms with E-state index in [0.29, 0.717) is 17.7 Å². The predicted octanol–water partition coefficient (Wildman–Crippen LogP) is 2.32. The number of carbonyl (C=O) groups excluding carboxylic acids is 1. The first-order chi connectivity index (χ1) is 12.2. The van der Waals surface area contributed by atoms with Crippen LogP contribution in [-0.2, 0) is 16.1 Å². The number of benzene rings is 1. The van der Waals surface area contributed by atoms with Crippen LogP contribution in [0.2, 0.25) is 0 Å². The molecule has 8 nitrogen and oxygen atoms in total. The van der Waals surface area contributed by atoms with Crippen molar-refractivity contribution in [3.8, 4) is 5.75 Å². The average Bonchev–Trinajstić information content (AvgIpc) is 2.59. The number of carbonyl (C=O) groups is 1. The molecule has 6 N–H and O–H groups in total. The highest BCUT2D eigenvalue weighted by Gasteiger charge is 2.32. The lowest BCUT2D eigenvalue weighted by atomic mass is 10.1. The van der Waals surface area contributed by atoms with Crippen LogP contribution in [0.3, 0.4) is 0 Å². The largest absolute Gasteiger partial charge is 0.573 e. The monoisotopic (exact) mass is 375 g/mol. The van der Waals surface area contributed by atoms with E-state index in [1.165, 1.54) is 18.2 Å². The second-order valence-corrected chi connectivity index (χ2v) is 4.55. The molecule has 0 bridgehead atoms. The minimum atomic E-state index is -4.81. The molecule has 0 aromatic heterocycles. The predicted molar refractivity (Wildman–Crippen MR) is 91.1 cm³/mol. The minimum absolute atomic E-state index is 0.146. The van der Waals surface area contributed by atoms with Gasteiger partial charge in [0, 0.05) is 25.0 Å². The van der Waals surface area contributed by atoms with Crippen LogP contribution < -0.4 is 21.3 Å². The Morgan fingerprint density at radius 1 is 1.38 bits per heavy atom. The van der Waals surface area contributed by atoms with Crippen molar-refractivity contribution >= 4 is 24.2 Å². The molecule has 0 spiro atoms. The van der Waals surface area contributed by atoms with Gasteiger partial charge in [-0.2, -0.15) is 0 Å². The molecule has 0 atom stereocenters. The highest BCUT2D eigenvalue weighted by molar-refractivity contribution is 5.91. The Labute approximate surface area is 148 Å². The summed E-state index contributed by atoms with van der Waals surface area (Å²) in [5, 5.41) is 17.3. The summed E-state index contributed by atoms with van der Waals surface area (Å²) >= 11 is 0. The molecule has 0 aliphatic heterocycles. The smallest absolute Gasteiger partial charge is 0.473 e. The van der Waals surface area contributed by atoms with E-state index < -0.39 is 6.36 Å². The highest BCUT2D eigenvalue weighted by atomic mass is 19.4. The van der Waals surface area contributed by atoms with Crippen molar-refractivity contribution < 1.29 is 27.4 Å². The van der Waals surface area contributed by atoms with Crippen molar-refractivity contribution in [2.45, 2.75) is 19.9 Å². The number of anilines is 1. The van der Waals surface area contributed by atoms with Crippen LogP contribution >= 0.6 is 0 Å². The van der Waals surface area contributed by atoms with Gasteiger partial charge in [-0.1, -0.05) is 6.07 Å². The van der Waals surface area contributed by atoms with Crippen molar-refractivity contribution in [1.29, 1.82) is 10.8 Å². The SMILES string of the molecule is CNc1cccc(OC(F)(F)F)c1COC(=N)/C=C(/C)C=N.NNC=O. The standard InChI is InChI=1S/C14H16F3N3O2.CH4N2O/c1-9(7-18)6-13(19)21-8-10-11(20-2)4-3-5-12(10)22-14(15,16)17;2-3-1-4/h3-7,18-20H,8H2,1-2H3;1H,2H2,(H,3,4)/b9-6-,18-7?,19-13?;. The average molecular weight is 375 g/mol. The van der Waals surface area contributed by atoms with Crippen LogP contribution in [0.15, 0.2) is 29.8 Å². The van der Waals surface area contributed by atoms with Crippen LogP contribution in [0, 0.1) is 10.8 Å². The second-order valence-electron chi connectivity index (χ2n) is 4.55. The quantitative estimate of drug-likeness (QED) is 0.125. The Balaban J connectivity index is 0.00000141. The van der Waals surface area contributed by atoms with Gasteiger partial charge in [0.15, 0.2) is 0 Å². The van der Waals surface area contributed by atoms with E-state index in [1.807, 2.05) is 0 Å². The van der Waals surface area contributed by atoms with Gasteiger partial charge < -0.3 is 20.2 Å². The number of halogens is 3. The van der Waals surface area contributed by atoms with Gasteiger partial charge in [0.1, 0.15) is 12.4 Å². The summed E-state index contributed by atoms with van der Waals surface area (Å²) in [5.74, 6) is 3.76. The molecular weight excluding hydrogens is 355 g/mol. The number of ether oxygens (including phenoxy) is 2. The lowest BCUT2D eigenvalue weighted by Gasteiger charge is -2.16. The maximum Gasteiger partial charge on any atom is 0.573 e. The molecule has 1 rings (SSSR count). The Morgan fingerprint density at radius 2 is 2.00 bits per heavy atom. The Bertz CT molecular complexity index is 648. The van der Waals surface area contributed by atoms with Crippen LogP contribution in [0.1, 0.15) is 12.5 Å². The molecule has 0 heterocycles. The number of rotatable bonds is 7. The number of allylic oxidation sites excluding steroid dienone is 1. The van der Waals surface area contributed by atoms with Gasteiger partial charge in [0.2, 0.25) is 12.3 Å². The van der Waals surface area contributed by atoms with Gasteiger partial charge in [-0.25, -0.2) is 5.84 Å². The van der Waals surface area contributed by atoms with Gasteiger partial charge >= 0.3 is 6.36 Å². The van der Waals surface area contributed by atoms with Gasteiger partial charge in [-0.05, 0) is 24.6 Å². The zero-order chi connectivity index (χ0) is 20.2. The first-order valence-electron chi connectivity index (χ1n) is 7.03. The van der Waals surface area contributed by atoms with Crippen molar-refractivity contribution in [3.63, 3.8) is 0 Å². The second kappa shape index (κ2) is 11.5. The molecule has 26 heavy (non-hydrogen) atoms. The fraction of sp³-hybridized carbons (Fsp3) is 0.267. The van der Waals surface area contributed by atoms with Crippen molar-refractivity contribution in [2.24, 2.45) is 5.84 Å². The number of hydrogen-bond donors (Lipinski definition) is 5. The lowest BCUT2D eigenvalue weighted by Crippen LogP contribution is -2.19. The van der Waals surface area contributed by atoms with E-state index in [0.717, 1.165) is 6.21 Å². The Hall–Kier alpha value is -3.08. The maximum absolute atomic E-state index is 12.4. The Morgan fingerprint density at radius 3 is 2.46 bits per heavy atom. The first kappa shape index (κ1) is 22.9. The van der Waals surface area contributed by atoms with Gasteiger partial charge in [-0.3, -0.25) is 15.6 Å². The number of nitrogens with two attached hydrogens (primary N) is 1. The van der Waals surface area contributed by atoms with Crippen molar-refractivity contribution in [3.05, 3.63) is 35.4 Å². The number of amides is 1. The van der Waals surface area contributed by atoms with Crippen molar-refractivity contribution in [1.82, 2.24) is 5.43 Å². The molecule has 0 saturated heterocycles. The summed E-state index contributed by atoms with van der Waals surface area (Å²) in [5.41, 5.74) is 2.79. The fourth-order valence-corrected chi connectivity index (χ4v) is 1.61. The van der Waals surface area contributed by atoms with E-state index in [2.05, 4.69) is 15.9 Å². The summed E-state index contributed by atoms with van der Waals surface area (Å²) in [6.07, 6.45) is -2.08. The molecule has 0 aliphatic rings. The van der Waals surface area contributed by atoms with Crippen LogP contribution in [0.5, 0.6) is 5.75 Å². The molecule has 1 aromatic rings. The van der Waals surface area contributed by atoms with E-state index in [9.17, 15) is 13.2 Å². The highest BCUT2D eigenvalue weighted by Crippen LogP contribution is 2.31. The van der Waals surface area contributed by atoms with Crippen molar-refractivity contribution in [2.75, 3.05) is 12.4 Å². The summed E-state index contributed by atoms with van der Waals surface area (Å²) in [6.45, 7) is 1.33. The van der Waals surface area contributed by atoms with Crippen LogP contribution in [0.4, 0.5) is 18.9 Å². The topological polar surface area (TPSA) is 133 Å². The summed E-state index contributed by atoms with van der Waals surface area (Å²) < 4.78 is 46.3. The number of alkyl halides is 3. The molecule has 144 valence electrons. The zero-order valence-corrected chi connectivity index (χ0v) is 14.1. The summed E-state index contributed by atoms with van der Waals surface area (Å²) in [6, 6.07) is 4.17. The third-order valence-electron chi connectivity index (χ3n) is 2.65. The Kier molecular flexibility index (Phi) is 10.1. The molecule has 1 aromatic carbocycles. The zero-order valence-electron chi connectivity index (χ0n) is 14.1. The van der Waals surface area contributed by atoms with E-state index in [1.54, 1.807) is 25.5 Å². The van der Waals surface area contributed by atoms with E-state index >= 15 is 0 Å². The van der Waals surface area contributed by atoms with E-state index in [-0.39, 0.29) is 23.8 Å². The molecule has 1 amide bonds. The van der Waals surface area contributed by atoms with Gasteiger partial charge in [-0.15, -0.1) is 13.2 Å². The van der Waals surface area contributed by atoms with Gasteiger partial charge in [0.05, 0.1) is 5.56 Å². The van der Waals surface area contributed by atoms with Crippen LogP contribution in [-0.4, -0.2) is 31.9 Å². The first-order valence-corrected chi connectivity index (χ1v) is 7.03. The molecule has 0 aliphatic carbocycles. The number of hydrazine groups is 1. The lowest BCUT2D eigenvalue weighted by molar-refractivity contribution is -0.275. The molecule has 11 heteroatoms. The normalized spacial score (nSPS) is 10.8. The number of hydrogen-bond acceptors (Lipinski definition) is 7.